The van der Waals surface area contributed by atoms with E-state index in [1.54, 1.807) is 0 Å². The third kappa shape index (κ3) is 3.56. The largest absolute Gasteiger partial charge is 0.370 e. The molecule has 0 aliphatic rings. The number of nitrogens with zero attached hydrogens (tertiary/aromatic N) is 4. The summed E-state index contributed by atoms with van der Waals surface area (Å²) in [6.07, 6.45) is 6.95. The van der Waals surface area contributed by atoms with E-state index < -0.39 is 0 Å². The minimum Gasteiger partial charge on any atom is -0.370 e. The molecule has 1 N–H and O–H groups in total. The van der Waals surface area contributed by atoms with Crippen LogP contribution in [0.15, 0.2) is 18.5 Å². The summed E-state index contributed by atoms with van der Waals surface area (Å²) in [6, 6.07) is 2.00. The van der Waals surface area contributed by atoms with E-state index in [1.165, 1.54) is 0 Å². The van der Waals surface area contributed by atoms with Crippen LogP contribution in [0.4, 0.5) is 5.82 Å². The van der Waals surface area contributed by atoms with E-state index in [1.807, 2.05) is 16.9 Å². The van der Waals surface area contributed by atoms with Gasteiger partial charge in [0.05, 0.1) is 11.9 Å². The van der Waals surface area contributed by atoms with E-state index in [0.717, 1.165) is 55.3 Å². The molecule has 2 aromatic heterocycles. The van der Waals surface area contributed by atoms with Crippen molar-refractivity contribution in [3.8, 4) is 11.3 Å². The highest BCUT2D eigenvalue weighted by Crippen LogP contribution is 2.20. The van der Waals surface area contributed by atoms with Gasteiger partial charge in [-0.05, 0) is 19.8 Å². The van der Waals surface area contributed by atoms with E-state index in [-0.39, 0.29) is 0 Å². The van der Waals surface area contributed by atoms with Gasteiger partial charge in [0.25, 0.3) is 0 Å². The summed E-state index contributed by atoms with van der Waals surface area (Å²) < 4.78 is 1.96. The van der Waals surface area contributed by atoms with Gasteiger partial charge in [-0.25, -0.2) is 9.97 Å². The molecular formula is C15H23N5. The number of hydrogen-bond donors (Lipinski definition) is 1. The molecule has 5 nitrogen and oxygen atoms in total. The fourth-order valence-corrected chi connectivity index (χ4v) is 2.10. The smallest absolute Gasteiger partial charge is 0.131 e. The van der Waals surface area contributed by atoms with Crippen LogP contribution >= 0.6 is 0 Å². The predicted molar refractivity (Wildman–Crippen MR) is 81.7 cm³/mol. The molecule has 0 saturated heterocycles. The van der Waals surface area contributed by atoms with Crippen LogP contribution in [0, 0.1) is 0 Å². The van der Waals surface area contributed by atoms with Gasteiger partial charge >= 0.3 is 0 Å². The molecule has 0 aromatic carbocycles. The number of nitrogens with one attached hydrogen (secondary N) is 1. The second-order valence-corrected chi connectivity index (χ2v) is 4.83. The Labute approximate surface area is 120 Å². The van der Waals surface area contributed by atoms with E-state index in [4.69, 9.17) is 0 Å². The van der Waals surface area contributed by atoms with Gasteiger partial charge in [-0.2, -0.15) is 5.10 Å². The van der Waals surface area contributed by atoms with Crippen molar-refractivity contribution in [2.45, 2.75) is 46.6 Å². The van der Waals surface area contributed by atoms with Gasteiger partial charge in [-0.1, -0.05) is 13.8 Å². The lowest BCUT2D eigenvalue weighted by Gasteiger charge is -2.07. The van der Waals surface area contributed by atoms with Crippen LogP contribution in [0.5, 0.6) is 0 Å². The molecule has 5 heteroatoms. The summed E-state index contributed by atoms with van der Waals surface area (Å²) in [7, 11) is 0. The Kier molecular flexibility index (Phi) is 5.09. The standard InChI is InChI=1S/C15H23N5/c1-4-7-14-18-13(9-15(19-14)16-6-3)12-10-17-20(11-12)8-5-2/h9-11H,4-8H2,1-3H3,(H,16,18,19). The molecular weight excluding hydrogens is 250 g/mol. The highest BCUT2D eigenvalue weighted by atomic mass is 15.3. The second-order valence-electron chi connectivity index (χ2n) is 4.83. The molecule has 0 aliphatic carbocycles. The zero-order valence-electron chi connectivity index (χ0n) is 12.6. The maximum atomic E-state index is 4.64. The molecule has 0 atom stereocenters. The topological polar surface area (TPSA) is 55.6 Å². The van der Waals surface area contributed by atoms with Crippen molar-refractivity contribution in [2.75, 3.05) is 11.9 Å². The van der Waals surface area contributed by atoms with Crippen molar-refractivity contribution < 1.29 is 0 Å². The summed E-state index contributed by atoms with van der Waals surface area (Å²) in [5.41, 5.74) is 2.00. The quantitative estimate of drug-likeness (QED) is 0.842. The predicted octanol–water partition coefficient (Wildman–Crippen LogP) is 3.13. The summed E-state index contributed by atoms with van der Waals surface area (Å²) in [5.74, 6) is 1.79. The Balaban J connectivity index is 2.32. The lowest BCUT2D eigenvalue weighted by Crippen LogP contribution is -2.04. The molecule has 108 valence electrons. The normalized spacial score (nSPS) is 10.8. The highest BCUT2D eigenvalue weighted by Gasteiger charge is 2.08. The van der Waals surface area contributed by atoms with Gasteiger partial charge in [0.1, 0.15) is 11.6 Å². The van der Waals surface area contributed by atoms with E-state index in [0.29, 0.717) is 0 Å². The minimum atomic E-state index is 0.858. The summed E-state index contributed by atoms with van der Waals surface area (Å²) in [5, 5.41) is 7.64. The van der Waals surface area contributed by atoms with Gasteiger partial charge in [0, 0.05) is 37.3 Å². The van der Waals surface area contributed by atoms with Crippen molar-refractivity contribution in [1.29, 1.82) is 0 Å². The molecule has 2 aromatic rings. The number of aromatic nitrogens is 4. The van der Waals surface area contributed by atoms with E-state index in [9.17, 15) is 0 Å². The Hall–Kier alpha value is -1.91. The number of anilines is 1. The van der Waals surface area contributed by atoms with E-state index >= 15 is 0 Å². The molecule has 0 fully saturated rings. The monoisotopic (exact) mass is 273 g/mol. The fraction of sp³-hybridized carbons (Fsp3) is 0.533. The Bertz CT molecular complexity index is 523. The number of rotatable bonds is 7. The maximum Gasteiger partial charge on any atom is 0.131 e. The second kappa shape index (κ2) is 7.03. The molecule has 0 saturated carbocycles. The number of aryl methyl sites for hydroxylation is 2. The lowest BCUT2D eigenvalue weighted by atomic mass is 10.2. The van der Waals surface area contributed by atoms with Gasteiger partial charge in [0.2, 0.25) is 0 Å². The van der Waals surface area contributed by atoms with Gasteiger partial charge < -0.3 is 5.32 Å². The van der Waals surface area contributed by atoms with Gasteiger partial charge in [-0.15, -0.1) is 0 Å². The molecule has 0 spiro atoms. The van der Waals surface area contributed by atoms with Crippen LogP contribution < -0.4 is 5.32 Å². The Morgan fingerprint density at radius 2 is 2.00 bits per heavy atom. The molecule has 0 amide bonds. The van der Waals surface area contributed by atoms with E-state index in [2.05, 4.69) is 47.4 Å². The first kappa shape index (κ1) is 14.5. The molecule has 0 radical (unpaired) electrons. The first-order valence-electron chi connectivity index (χ1n) is 7.41. The third-order valence-corrected chi connectivity index (χ3v) is 2.99. The molecule has 0 bridgehead atoms. The summed E-state index contributed by atoms with van der Waals surface area (Å²) in [6.45, 7) is 8.15. The minimum absolute atomic E-state index is 0.858. The SMILES string of the molecule is CCCc1nc(NCC)cc(-c2cnn(CCC)c2)n1. The van der Waals surface area contributed by atoms with Gasteiger partial charge in [-0.3, -0.25) is 4.68 Å². The Morgan fingerprint density at radius 3 is 2.70 bits per heavy atom. The third-order valence-electron chi connectivity index (χ3n) is 2.99. The zero-order valence-corrected chi connectivity index (χ0v) is 12.6. The van der Waals surface area contributed by atoms with Crippen molar-refractivity contribution in [3.63, 3.8) is 0 Å². The number of hydrogen-bond acceptors (Lipinski definition) is 4. The van der Waals surface area contributed by atoms with Crippen LogP contribution in [-0.4, -0.2) is 26.3 Å². The van der Waals surface area contributed by atoms with Crippen molar-refractivity contribution in [1.82, 2.24) is 19.7 Å². The van der Waals surface area contributed by atoms with Crippen LogP contribution in [0.2, 0.25) is 0 Å². The van der Waals surface area contributed by atoms with Crippen LogP contribution in [0.1, 0.15) is 39.4 Å². The van der Waals surface area contributed by atoms with Gasteiger partial charge in [0.15, 0.2) is 0 Å². The lowest BCUT2D eigenvalue weighted by molar-refractivity contribution is 0.603. The van der Waals surface area contributed by atoms with Crippen molar-refractivity contribution in [2.24, 2.45) is 0 Å². The summed E-state index contributed by atoms with van der Waals surface area (Å²) in [4.78, 5) is 9.18. The van der Waals surface area contributed by atoms with Crippen molar-refractivity contribution in [3.05, 3.63) is 24.3 Å². The maximum absolute atomic E-state index is 4.64. The first-order chi connectivity index (χ1) is 9.76. The first-order valence-corrected chi connectivity index (χ1v) is 7.41. The average Bonchev–Trinajstić information content (AvgIpc) is 2.88. The molecule has 20 heavy (non-hydrogen) atoms. The highest BCUT2D eigenvalue weighted by molar-refractivity contribution is 5.61. The molecule has 2 rings (SSSR count). The summed E-state index contributed by atoms with van der Waals surface area (Å²) >= 11 is 0. The average molecular weight is 273 g/mol. The van der Waals surface area contributed by atoms with Crippen LogP contribution in [-0.2, 0) is 13.0 Å². The van der Waals surface area contributed by atoms with Crippen LogP contribution in [0.25, 0.3) is 11.3 Å². The Morgan fingerprint density at radius 1 is 1.15 bits per heavy atom. The zero-order chi connectivity index (χ0) is 14.4. The molecule has 2 heterocycles. The molecule has 0 aliphatic heterocycles. The molecule has 0 unspecified atom stereocenters. The van der Waals surface area contributed by atoms with Crippen LogP contribution in [0.3, 0.4) is 0 Å². The van der Waals surface area contributed by atoms with Crippen molar-refractivity contribution >= 4 is 5.82 Å². The fourth-order valence-electron chi connectivity index (χ4n) is 2.10.